The van der Waals surface area contributed by atoms with E-state index in [2.05, 4.69) is 42.7 Å². The number of hydrogen-bond donors (Lipinski definition) is 1. The molecule has 0 unspecified atom stereocenters. The molecule has 0 aliphatic carbocycles. The maximum absolute atomic E-state index is 14.5. The fourth-order valence-electron chi connectivity index (χ4n) is 3.91. The molecule has 0 aliphatic heterocycles. The molecular formula is C23H20F2N8. The van der Waals surface area contributed by atoms with Crippen molar-refractivity contribution in [1.82, 2.24) is 40.4 Å². The zero-order valence-electron chi connectivity index (χ0n) is 17.8. The van der Waals surface area contributed by atoms with Gasteiger partial charge in [0.05, 0.1) is 0 Å². The van der Waals surface area contributed by atoms with Crippen LogP contribution in [0.5, 0.6) is 0 Å². The average molecular weight is 446 g/mol. The van der Waals surface area contributed by atoms with E-state index in [0.29, 0.717) is 24.6 Å². The van der Waals surface area contributed by atoms with Crippen molar-refractivity contribution in [2.45, 2.75) is 32.7 Å². The van der Waals surface area contributed by atoms with Gasteiger partial charge in [-0.2, -0.15) is 14.0 Å². The number of fused-ring (bicyclic) bond motifs is 1. The van der Waals surface area contributed by atoms with Gasteiger partial charge >= 0.3 is 0 Å². The van der Waals surface area contributed by atoms with Crippen LogP contribution in [0.3, 0.4) is 0 Å². The number of nitrogens with zero attached hydrogens (tertiary/aromatic N) is 7. The van der Waals surface area contributed by atoms with Crippen molar-refractivity contribution < 1.29 is 8.78 Å². The van der Waals surface area contributed by atoms with Gasteiger partial charge in [0.25, 0.3) is 11.9 Å². The smallest absolute Gasteiger partial charge is 0.261 e. The summed E-state index contributed by atoms with van der Waals surface area (Å²) in [7, 11) is 0. The van der Waals surface area contributed by atoms with Crippen LogP contribution in [0.15, 0.2) is 48.5 Å². The molecule has 3 aromatic heterocycles. The molecule has 2 aromatic carbocycles. The minimum absolute atomic E-state index is 0.0418. The first-order chi connectivity index (χ1) is 16.2. The lowest BCUT2D eigenvalue weighted by Crippen LogP contribution is -2.07. The summed E-state index contributed by atoms with van der Waals surface area (Å²) >= 11 is 0. The first-order valence-electron chi connectivity index (χ1n) is 10.6. The third-order valence-electron chi connectivity index (χ3n) is 5.54. The number of aromatic amines is 1. The predicted molar refractivity (Wildman–Crippen MR) is 118 cm³/mol. The second kappa shape index (κ2) is 8.81. The van der Waals surface area contributed by atoms with Crippen LogP contribution in [0.4, 0.5) is 8.78 Å². The van der Waals surface area contributed by atoms with Gasteiger partial charge in [-0.3, -0.25) is 0 Å². The lowest BCUT2D eigenvalue weighted by molar-refractivity contribution is 0.519. The van der Waals surface area contributed by atoms with E-state index < -0.39 is 11.9 Å². The fraction of sp³-hybridized carbons (Fsp3) is 0.217. The van der Waals surface area contributed by atoms with Crippen LogP contribution >= 0.6 is 0 Å². The molecule has 5 aromatic rings. The molecule has 0 fully saturated rings. The summed E-state index contributed by atoms with van der Waals surface area (Å²) in [6, 6.07) is 15.7. The number of unbranched alkanes of at least 4 members (excludes halogenated alkanes) is 1. The highest BCUT2D eigenvalue weighted by Crippen LogP contribution is 2.30. The van der Waals surface area contributed by atoms with E-state index in [9.17, 15) is 8.78 Å². The lowest BCUT2D eigenvalue weighted by atomic mass is 9.98. The molecule has 0 saturated heterocycles. The number of hydrogen-bond acceptors (Lipinski definition) is 6. The van der Waals surface area contributed by atoms with Crippen LogP contribution in [0, 0.1) is 11.9 Å². The zero-order chi connectivity index (χ0) is 22.8. The molecule has 0 aliphatic rings. The van der Waals surface area contributed by atoms with Crippen molar-refractivity contribution in [2.75, 3.05) is 0 Å². The van der Waals surface area contributed by atoms with Crippen LogP contribution < -0.4 is 0 Å². The molecule has 166 valence electrons. The van der Waals surface area contributed by atoms with Crippen LogP contribution in [0.1, 0.15) is 31.2 Å². The van der Waals surface area contributed by atoms with Crippen LogP contribution in [0.25, 0.3) is 33.5 Å². The second-order valence-electron chi connectivity index (χ2n) is 7.67. The standard InChI is InChI=1S/C23H20F2N8/c1-2-3-8-18-26-19-20(22(25)28-27-21(19)24)33(18)13-14-9-11-15(12-10-14)16-6-4-5-7-17(16)23-29-31-32-30-23/h4-7,9-12H,2-3,8,13H2,1H3,(H,29,30,31,32). The summed E-state index contributed by atoms with van der Waals surface area (Å²) in [4.78, 5) is 4.33. The number of aryl methyl sites for hydroxylation is 1. The van der Waals surface area contributed by atoms with Gasteiger partial charge in [0.15, 0.2) is 5.52 Å². The fourth-order valence-corrected chi connectivity index (χ4v) is 3.91. The maximum atomic E-state index is 14.5. The molecule has 0 bridgehead atoms. The Balaban J connectivity index is 1.51. The second-order valence-corrected chi connectivity index (χ2v) is 7.67. The number of imidazole rings is 1. The minimum Gasteiger partial charge on any atom is -0.320 e. The highest BCUT2D eigenvalue weighted by Gasteiger charge is 2.20. The topological polar surface area (TPSA) is 98.1 Å². The maximum Gasteiger partial charge on any atom is 0.261 e. The monoisotopic (exact) mass is 446 g/mol. The van der Waals surface area contributed by atoms with Crippen LogP contribution in [-0.4, -0.2) is 40.4 Å². The molecule has 0 amide bonds. The molecule has 0 radical (unpaired) electrons. The van der Waals surface area contributed by atoms with Gasteiger partial charge < -0.3 is 4.57 Å². The molecule has 1 N–H and O–H groups in total. The number of nitrogens with one attached hydrogen (secondary N) is 1. The molecule has 3 heterocycles. The predicted octanol–water partition coefficient (Wildman–Crippen LogP) is 4.34. The summed E-state index contributed by atoms with van der Waals surface area (Å²) in [5.41, 5.74) is 3.68. The average Bonchev–Trinajstić information content (AvgIpc) is 3.50. The third-order valence-corrected chi connectivity index (χ3v) is 5.54. The number of tetrazole rings is 1. The van der Waals surface area contributed by atoms with E-state index in [1.807, 2.05) is 48.5 Å². The number of aromatic nitrogens is 8. The van der Waals surface area contributed by atoms with Crippen LogP contribution in [0.2, 0.25) is 0 Å². The molecule has 10 heteroatoms. The Morgan fingerprint density at radius 3 is 2.39 bits per heavy atom. The first-order valence-corrected chi connectivity index (χ1v) is 10.6. The quantitative estimate of drug-likeness (QED) is 0.399. The lowest BCUT2D eigenvalue weighted by Gasteiger charge is -2.11. The molecule has 0 spiro atoms. The normalized spacial score (nSPS) is 11.4. The molecule has 0 saturated carbocycles. The number of halogens is 2. The number of H-pyrrole nitrogens is 1. The summed E-state index contributed by atoms with van der Waals surface area (Å²) in [6.07, 6.45) is 2.42. The van der Waals surface area contributed by atoms with E-state index in [1.165, 1.54) is 0 Å². The Hall–Kier alpha value is -4.08. The number of rotatable bonds is 7. The highest BCUT2D eigenvalue weighted by molar-refractivity contribution is 5.80. The Kier molecular flexibility index (Phi) is 5.55. The van der Waals surface area contributed by atoms with Crippen molar-refractivity contribution in [3.8, 4) is 22.5 Å². The van der Waals surface area contributed by atoms with Gasteiger partial charge in [-0.1, -0.05) is 61.9 Å². The molecule has 5 rings (SSSR count). The Morgan fingerprint density at radius 2 is 1.67 bits per heavy atom. The van der Waals surface area contributed by atoms with Crippen molar-refractivity contribution in [3.05, 3.63) is 71.8 Å². The van der Waals surface area contributed by atoms with Crippen molar-refractivity contribution >= 4 is 11.0 Å². The Bertz CT molecular complexity index is 1390. The van der Waals surface area contributed by atoms with E-state index in [1.54, 1.807) is 4.57 Å². The van der Waals surface area contributed by atoms with E-state index in [4.69, 9.17) is 0 Å². The Morgan fingerprint density at radius 1 is 0.909 bits per heavy atom. The SMILES string of the molecule is CCCCc1nc2c(F)nnc(F)c2n1Cc1ccc(-c2ccccc2-c2nn[nH]n2)cc1. The van der Waals surface area contributed by atoms with Gasteiger partial charge in [0.1, 0.15) is 11.3 Å². The molecule has 8 nitrogen and oxygen atoms in total. The van der Waals surface area contributed by atoms with Crippen molar-refractivity contribution in [2.24, 2.45) is 0 Å². The first kappa shape index (κ1) is 20.8. The Labute approximate surface area is 187 Å². The van der Waals surface area contributed by atoms with Gasteiger partial charge in [-0.25, -0.2) is 4.98 Å². The molecule has 33 heavy (non-hydrogen) atoms. The summed E-state index contributed by atoms with van der Waals surface area (Å²) in [5, 5.41) is 20.8. The van der Waals surface area contributed by atoms with E-state index in [0.717, 1.165) is 35.1 Å². The van der Waals surface area contributed by atoms with Gasteiger partial charge in [-0.05, 0) is 28.3 Å². The zero-order valence-corrected chi connectivity index (χ0v) is 17.8. The molecule has 0 atom stereocenters. The third kappa shape index (κ3) is 3.95. The van der Waals surface area contributed by atoms with E-state index >= 15 is 0 Å². The summed E-state index contributed by atoms with van der Waals surface area (Å²) in [6.45, 7) is 2.40. The largest absolute Gasteiger partial charge is 0.320 e. The van der Waals surface area contributed by atoms with Crippen molar-refractivity contribution in [3.63, 3.8) is 0 Å². The van der Waals surface area contributed by atoms with Crippen LogP contribution in [-0.2, 0) is 13.0 Å². The van der Waals surface area contributed by atoms with Gasteiger partial charge in [0, 0.05) is 18.5 Å². The highest BCUT2D eigenvalue weighted by atomic mass is 19.1. The summed E-state index contributed by atoms with van der Waals surface area (Å²) < 4.78 is 30.4. The van der Waals surface area contributed by atoms with Gasteiger partial charge in [0.2, 0.25) is 5.82 Å². The minimum atomic E-state index is -0.865. The van der Waals surface area contributed by atoms with Gasteiger partial charge in [-0.15, -0.1) is 20.4 Å². The van der Waals surface area contributed by atoms with Crippen molar-refractivity contribution in [1.29, 1.82) is 0 Å². The molecular weight excluding hydrogens is 426 g/mol. The number of benzene rings is 2. The van der Waals surface area contributed by atoms with E-state index in [-0.39, 0.29) is 11.0 Å². The summed E-state index contributed by atoms with van der Waals surface area (Å²) in [5.74, 6) is -0.562.